The number of phenols is 1. The fourth-order valence-corrected chi connectivity index (χ4v) is 2.04. The molecule has 134 valence electrons. The number of alkyl halides is 3. The number of aromatic hydroxyl groups is 1. The third kappa shape index (κ3) is 4.53. The van der Waals surface area contributed by atoms with Crippen LogP contribution in [-0.2, 0) is 12.7 Å². The normalized spacial score (nSPS) is 11.3. The largest absolute Gasteiger partial charge is 0.503 e. The number of hydrogen-bond acceptors (Lipinski definition) is 3. The van der Waals surface area contributed by atoms with Gasteiger partial charge >= 0.3 is 12.2 Å². The van der Waals surface area contributed by atoms with Gasteiger partial charge in [-0.1, -0.05) is 24.9 Å². The van der Waals surface area contributed by atoms with Gasteiger partial charge in [0.25, 0.3) is 0 Å². The summed E-state index contributed by atoms with van der Waals surface area (Å²) >= 11 is 3.80. The van der Waals surface area contributed by atoms with Crippen LogP contribution in [0.25, 0.3) is 0 Å². The molecule has 4 nitrogen and oxygen atoms in total. The number of anilines is 1. The van der Waals surface area contributed by atoms with Crippen molar-refractivity contribution in [3.63, 3.8) is 0 Å². The van der Waals surface area contributed by atoms with Gasteiger partial charge in [0.1, 0.15) is 0 Å². The number of urea groups is 1. The summed E-state index contributed by atoms with van der Waals surface area (Å²) in [6, 6.07) is 4.63. The van der Waals surface area contributed by atoms with E-state index in [1.165, 1.54) is 12.1 Å². The Labute approximate surface area is 144 Å². The maximum atomic E-state index is 13.3. The minimum Gasteiger partial charge on any atom is -0.503 e. The predicted octanol–water partition coefficient (Wildman–Crippen LogP) is 4.25. The lowest BCUT2D eigenvalue weighted by atomic mass is 10.1. The van der Waals surface area contributed by atoms with E-state index >= 15 is 0 Å². The SMILES string of the molecule is O=C(NCc1ccc(C(F)(F)F)cc1)N(S)c1cc(F)c(O)c(F)c1. The van der Waals surface area contributed by atoms with Crippen LogP contribution in [0.3, 0.4) is 0 Å². The molecular formula is C15H11F5N2O2S. The fourth-order valence-electron chi connectivity index (χ4n) is 1.86. The quantitative estimate of drug-likeness (QED) is 0.553. The van der Waals surface area contributed by atoms with Crippen LogP contribution >= 0.6 is 12.8 Å². The monoisotopic (exact) mass is 378 g/mol. The number of nitrogens with zero attached hydrogens (tertiary/aromatic N) is 1. The summed E-state index contributed by atoms with van der Waals surface area (Å²) in [6.45, 7) is -0.128. The molecule has 10 heteroatoms. The lowest BCUT2D eigenvalue weighted by Crippen LogP contribution is -2.33. The summed E-state index contributed by atoms with van der Waals surface area (Å²) in [6.07, 6.45) is -4.46. The molecule has 2 N–H and O–H groups in total. The third-order valence-electron chi connectivity index (χ3n) is 3.16. The van der Waals surface area contributed by atoms with Gasteiger partial charge in [0.15, 0.2) is 17.4 Å². The van der Waals surface area contributed by atoms with Crippen molar-refractivity contribution in [2.45, 2.75) is 12.7 Å². The van der Waals surface area contributed by atoms with Gasteiger partial charge in [-0.2, -0.15) is 13.2 Å². The highest BCUT2D eigenvalue weighted by atomic mass is 32.1. The number of carbonyl (C=O) groups excluding carboxylic acids is 1. The summed E-state index contributed by atoms with van der Waals surface area (Å²) in [5.74, 6) is -3.73. The first-order valence-corrected chi connectivity index (χ1v) is 7.10. The lowest BCUT2D eigenvalue weighted by Gasteiger charge is -2.17. The van der Waals surface area contributed by atoms with E-state index in [1.807, 2.05) is 0 Å². The third-order valence-corrected chi connectivity index (χ3v) is 3.58. The van der Waals surface area contributed by atoms with E-state index in [0.717, 1.165) is 12.1 Å². The van der Waals surface area contributed by atoms with E-state index in [0.29, 0.717) is 22.0 Å². The summed E-state index contributed by atoms with van der Waals surface area (Å²) < 4.78 is 64.5. The second kappa shape index (κ2) is 7.18. The maximum absolute atomic E-state index is 13.3. The Morgan fingerprint density at radius 1 is 1.12 bits per heavy atom. The molecule has 2 amide bonds. The second-order valence-electron chi connectivity index (χ2n) is 4.92. The Hall–Kier alpha value is -2.49. The van der Waals surface area contributed by atoms with E-state index in [-0.39, 0.29) is 12.2 Å². The van der Waals surface area contributed by atoms with Crippen molar-refractivity contribution in [1.29, 1.82) is 0 Å². The van der Waals surface area contributed by atoms with Crippen LogP contribution in [0.1, 0.15) is 11.1 Å². The van der Waals surface area contributed by atoms with Crippen molar-refractivity contribution in [3.05, 3.63) is 59.2 Å². The summed E-state index contributed by atoms with van der Waals surface area (Å²) in [4.78, 5) is 11.9. The number of carbonyl (C=O) groups is 1. The zero-order chi connectivity index (χ0) is 18.8. The Bertz CT molecular complexity index is 757. The van der Waals surface area contributed by atoms with Gasteiger partial charge in [0.2, 0.25) is 0 Å². The first kappa shape index (κ1) is 18.8. The summed E-state index contributed by atoms with van der Waals surface area (Å²) in [7, 11) is 0. The number of amides is 2. The molecule has 0 aliphatic heterocycles. The van der Waals surface area contributed by atoms with Crippen LogP contribution in [-0.4, -0.2) is 11.1 Å². The zero-order valence-electron chi connectivity index (χ0n) is 12.3. The van der Waals surface area contributed by atoms with Crippen LogP contribution in [0.2, 0.25) is 0 Å². The Morgan fingerprint density at radius 3 is 2.12 bits per heavy atom. The zero-order valence-corrected chi connectivity index (χ0v) is 13.2. The van der Waals surface area contributed by atoms with E-state index in [9.17, 15) is 26.7 Å². The molecule has 0 saturated carbocycles. The highest BCUT2D eigenvalue weighted by Crippen LogP contribution is 2.29. The molecule has 0 heterocycles. The van der Waals surface area contributed by atoms with Gasteiger partial charge in [-0.3, -0.25) is 0 Å². The molecule has 0 unspecified atom stereocenters. The Balaban J connectivity index is 2.02. The van der Waals surface area contributed by atoms with E-state index < -0.39 is 35.2 Å². The topological polar surface area (TPSA) is 52.6 Å². The van der Waals surface area contributed by atoms with Crippen molar-refractivity contribution in [2.75, 3.05) is 4.31 Å². The molecule has 25 heavy (non-hydrogen) atoms. The van der Waals surface area contributed by atoms with Crippen LogP contribution in [0.15, 0.2) is 36.4 Å². The van der Waals surface area contributed by atoms with Crippen molar-refractivity contribution >= 4 is 24.5 Å². The van der Waals surface area contributed by atoms with Gasteiger partial charge in [0, 0.05) is 18.7 Å². The van der Waals surface area contributed by atoms with Crippen molar-refractivity contribution in [1.82, 2.24) is 5.32 Å². The molecule has 2 aromatic carbocycles. The molecule has 0 aliphatic rings. The number of halogens is 5. The average Bonchev–Trinajstić information content (AvgIpc) is 2.56. The van der Waals surface area contributed by atoms with Gasteiger partial charge < -0.3 is 10.4 Å². The van der Waals surface area contributed by atoms with Crippen LogP contribution in [0.5, 0.6) is 5.75 Å². The molecule has 0 spiro atoms. The van der Waals surface area contributed by atoms with Crippen molar-refractivity contribution in [2.24, 2.45) is 0 Å². The first-order valence-electron chi connectivity index (χ1n) is 6.70. The number of rotatable bonds is 3. The van der Waals surface area contributed by atoms with E-state index in [1.54, 1.807) is 0 Å². The van der Waals surface area contributed by atoms with Gasteiger partial charge in [-0.15, -0.1) is 0 Å². The summed E-state index contributed by atoms with van der Waals surface area (Å²) in [5.41, 5.74) is -0.722. The average molecular weight is 378 g/mol. The highest BCUT2D eigenvalue weighted by Gasteiger charge is 2.29. The lowest BCUT2D eigenvalue weighted by molar-refractivity contribution is -0.137. The number of phenolic OH excluding ortho intramolecular Hbond substituents is 1. The Kier molecular flexibility index (Phi) is 5.41. The molecule has 0 bridgehead atoms. The minimum absolute atomic E-state index is 0.128. The van der Waals surface area contributed by atoms with Crippen molar-refractivity contribution < 1.29 is 31.9 Å². The molecule has 0 atom stereocenters. The van der Waals surface area contributed by atoms with Gasteiger partial charge in [0.05, 0.1) is 11.3 Å². The summed E-state index contributed by atoms with van der Waals surface area (Å²) in [5, 5.41) is 11.3. The fraction of sp³-hybridized carbons (Fsp3) is 0.133. The van der Waals surface area contributed by atoms with Gasteiger partial charge in [-0.25, -0.2) is 17.9 Å². The molecular weight excluding hydrogens is 367 g/mol. The molecule has 2 rings (SSSR count). The second-order valence-corrected chi connectivity index (χ2v) is 5.32. The number of benzene rings is 2. The highest BCUT2D eigenvalue weighted by molar-refractivity contribution is 7.82. The molecule has 0 radical (unpaired) electrons. The molecule has 0 fully saturated rings. The molecule has 0 aliphatic carbocycles. The molecule has 2 aromatic rings. The number of thiol groups is 1. The van der Waals surface area contributed by atoms with Crippen LogP contribution in [0, 0.1) is 11.6 Å². The molecule has 0 saturated heterocycles. The van der Waals surface area contributed by atoms with Crippen molar-refractivity contribution in [3.8, 4) is 5.75 Å². The van der Waals surface area contributed by atoms with E-state index in [2.05, 4.69) is 18.1 Å². The smallest absolute Gasteiger partial charge is 0.416 e. The minimum atomic E-state index is -4.46. The predicted molar refractivity (Wildman–Crippen MR) is 83.2 cm³/mol. The standard InChI is InChI=1S/C15H11F5N2O2S/c16-11-5-10(6-12(17)13(11)23)22(25)14(24)21-7-8-1-3-9(4-2-8)15(18,19)20/h1-6,23,25H,7H2,(H,21,24). The van der Waals surface area contributed by atoms with Crippen LogP contribution < -0.4 is 9.62 Å². The number of nitrogens with one attached hydrogen (secondary N) is 1. The Morgan fingerprint density at radius 2 is 1.64 bits per heavy atom. The van der Waals surface area contributed by atoms with E-state index in [4.69, 9.17) is 5.11 Å². The first-order chi connectivity index (χ1) is 11.6. The maximum Gasteiger partial charge on any atom is 0.416 e. The molecule has 0 aromatic heterocycles. The number of hydrogen-bond donors (Lipinski definition) is 3. The van der Waals surface area contributed by atoms with Gasteiger partial charge in [-0.05, 0) is 17.7 Å². The van der Waals surface area contributed by atoms with Crippen LogP contribution in [0.4, 0.5) is 32.4 Å².